The van der Waals surface area contributed by atoms with Gasteiger partial charge in [0.2, 0.25) is 5.95 Å². The number of hydrogen-bond donors (Lipinski definition) is 1. The van der Waals surface area contributed by atoms with Crippen LogP contribution < -0.4 is 5.32 Å². The number of nitrogens with zero attached hydrogens (tertiary/aromatic N) is 2. The molecule has 3 aromatic rings. The minimum absolute atomic E-state index is 0.903. The molecule has 21 heavy (non-hydrogen) atoms. The molecule has 108 valence electrons. The molecule has 0 saturated heterocycles. The number of fused-ring (bicyclic) bond motifs is 1. The molecule has 0 aliphatic rings. The van der Waals surface area contributed by atoms with Crippen molar-refractivity contribution in [1.29, 1.82) is 0 Å². The van der Waals surface area contributed by atoms with Crippen molar-refractivity contribution in [2.45, 2.75) is 19.8 Å². The van der Waals surface area contributed by atoms with E-state index in [9.17, 15) is 0 Å². The lowest BCUT2D eigenvalue weighted by molar-refractivity contribution is 0.823. The molecule has 0 aliphatic heterocycles. The number of benzene rings is 2. The number of imidazole rings is 1. The van der Waals surface area contributed by atoms with Crippen LogP contribution in [0.2, 0.25) is 0 Å². The van der Waals surface area contributed by atoms with E-state index in [0.717, 1.165) is 29.1 Å². The molecule has 0 saturated carbocycles. The molecule has 0 spiro atoms. The van der Waals surface area contributed by atoms with E-state index in [1.54, 1.807) is 0 Å². The van der Waals surface area contributed by atoms with E-state index in [-0.39, 0.29) is 0 Å². The third kappa shape index (κ3) is 3.10. The lowest BCUT2D eigenvalue weighted by atomic mass is 10.1. The maximum absolute atomic E-state index is 4.40. The third-order valence-corrected chi connectivity index (χ3v) is 4.01. The SMILES string of the molecule is CCCCNc1nccn1-c1ccc2cc(Br)ccc2c1. The Morgan fingerprint density at radius 3 is 2.81 bits per heavy atom. The Balaban J connectivity index is 1.93. The van der Waals surface area contributed by atoms with Gasteiger partial charge in [-0.25, -0.2) is 4.98 Å². The molecular weight excluding hydrogens is 326 g/mol. The van der Waals surface area contributed by atoms with Crippen LogP contribution in [0.5, 0.6) is 0 Å². The van der Waals surface area contributed by atoms with Crippen LogP contribution in [0.3, 0.4) is 0 Å². The zero-order chi connectivity index (χ0) is 14.7. The molecule has 1 aromatic heterocycles. The minimum atomic E-state index is 0.903. The smallest absolute Gasteiger partial charge is 0.207 e. The van der Waals surface area contributed by atoms with Crippen LogP contribution in [0, 0.1) is 0 Å². The second-order valence-electron chi connectivity index (χ2n) is 5.08. The fourth-order valence-corrected chi connectivity index (χ4v) is 2.75. The first-order valence-corrected chi connectivity index (χ1v) is 8.04. The van der Waals surface area contributed by atoms with E-state index >= 15 is 0 Å². The van der Waals surface area contributed by atoms with Gasteiger partial charge in [0.25, 0.3) is 0 Å². The summed E-state index contributed by atoms with van der Waals surface area (Å²) in [5.74, 6) is 0.903. The molecule has 3 rings (SSSR count). The van der Waals surface area contributed by atoms with Crippen molar-refractivity contribution in [2.75, 3.05) is 11.9 Å². The van der Waals surface area contributed by atoms with Gasteiger partial charge in [-0.15, -0.1) is 0 Å². The fourth-order valence-electron chi connectivity index (χ4n) is 2.37. The van der Waals surface area contributed by atoms with Crippen LogP contribution in [-0.4, -0.2) is 16.1 Å². The average Bonchev–Trinajstić information content (AvgIpc) is 2.95. The number of aromatic nitrogens is 2. The van der Waals surface area contributed by atoms with Crippen LogP contribution >= 0.6 is 15.9 Å². The summed E-state index contributed by atoms with van der Waals surface area (Å²) in [5.41, 5.74) is 1.13. The largest absolute Gasteiger partial charge is 0.355 e. The highest BCUT2D eigenvalue weighted by Crippen LogP contribution is 2.24. The summed E-state index contributed by atoms with van der Waals surface area (Å²) in [6.45, 7) is 3.14. The van der Waals surface area contributed by atoms with Gasteiger partial charge < -0.3 is 5.32 Å². The highest BCUT2D eigenvalue weighted by atomic mass is 79.9. The van der Waals surface area contributed by atoms with Crippen molar-refractivity contribution in [3.05, 3.63) is 53.3 Å². The molecule has 1 heterocycles. The third-order valence-electron chi connectivity index (χ3n) is 3.52. The van der Waals surface area contributed by atoms with E-state index in [1.807, 2.05) is 12.4 Å². The summed E-state index contributed by atoms with van der Waals surface area (Å²) in [5, 5.41) is 5.85. The topological polar surface area (TPSA) is 29.9 Å². The maximum atomic E-state index is 4.40. The van der Waals surface area contributed by atoms with Crippen LogP contribution in [0.1, 0.15) is 19.8 Å². The number of halogens is 1. The Kier molecular flexibility index (Phi) is 4.25. The first-order valence-electron chi connectivity index (χ1n) is 7.25. The van der Waals surface area contributed by atoms with Crippen LogP contribution in [-0.2, 0) is 0 Å². The predicted molar refractivity (Wildman–Crippen MR) is 92.2 cm³/mol. The lowest BCUT2D eigenvalue weighted by Crippen LogP contribution is -2.07. The Hall–Kier alpha value is -1.81. The van der Waals surface area contributed by atoms with Gasteiger partial charge in [0.05, 0.1) is 0 Å². The van der Waals surface area contributed by atoms with Crippen LogP contribution in [0.15, 0.2) is 53.3 Å². The zero-order valence-corrected chi connectivity index (χ0v) is 13.6. The monoisotopic (exact) mass is 343 g/mol. The molecule has 0 fully saturated rings. The summed E-state index contributed by atoms with van der Waals surface area (Å²) in [6, 6.07) is 12.8. The van der Waals surface area contributed by atoms with Gasteiger partial charge in [-0.05, 0) is 41.5 Å². The second-order valence-corrected chi connectivity index (χ2v) is 5.99. The average molecular weight is 344 g/mol. The van der Waals surface area contributed by atoms with Crippen LogP contribution in [0.4, 0.5) is 5.95 Å². The molecular formula is C17H18BrN3. The highest BCUT2D eigenvalue weighted by molar-refractivity contribution is 9.10. The first kappa shape index (κ1) is 14.1. The van der Waals surface area contributed by atoms with Crippen molar-refractivity contribution in [2.24, 2.45) is 0 Å². The van der Waals surface area contributed by atoms with Crippen molar-refractivity contribution in [3.8, 4) is 5.69 Å². The molecule has 0 unspecified atom stereocenters. The van der Waals surface area contributed by atoms with Crippen molar-refractivity contribution in [3.63, 3.8) is 0 Å². The Morgan fingerprint density at radius 2 is 1.95 bits per heavy atom. The summed E-state index contributed by atoms with van der Waals surface area (Å²) < 4.78 is 3.20. The van der Waals surface area contributed by atoms with Gasteiger partial charge in [-0.1, -0.05) is 41.4 Å². The van der Waals surface area contributed by atoms with E-state index in [2.05, 4.69) is 74.1 Å². The van der Waals surface area contributed by atoms with Gasteiger partial charge in [-0.3, -0.25) is 4.57 Å². The number of anilines is 1. The van der Waals surface area contributed by atoms with Gasteiger partial charge in [0.1, 0.15) is 0 Å². The summed E-state index contributed by atoms with van der Waals surface area (Å²) in [7, 11) is 0. The highest BCUT2D eigenvalue weighted by Gasteiger charge is 2.05. The quantitative estimate of drug-likeness (QED) is 0.660. The first-order chi connectivity index (χ1) is 10.3. The maximum Gasteiger partial charge on any atom is 0.207 e. The lowest BCUT2D eigenvalue weighted by Gasteiger charge is -2.10. The molecule has 2 aromatic carbocycles. The zero-order valence-electron chi connectivity index (χ0n) is 12.0. The number of nitrogens with one attached hydrogen (secondary N) is 1. The van der Waals surface area contributed by atoms with Gasteiger partial charge in [0.15, 0.2) is 0 Å². The van der Waals surface area contributed by atoms with E-state index in [1.165, 1.54) is 17.2 Å². The Morgan fingerprint density at radius 1 is 1.14 bits per heavy atom. The van der Waals surface area contributed by atoms with Crippen molar-refractivity contribution >= 4 is 32.7 Å². The number of rotatable bonds is 5. The number of unbranched alkanes of at least 4 members (excludes halogenated alkanes) is 1. The molecule has 0 amide bonds. The molecule has 0 aliphatic carbocycles. The normalized spacial score (nSPS) is 11.0. The molecule has 0 radical (unpaired) electrons. The Bertz CT molecular complexity index is 749. The number of hydrogen-bond acceptors (Lipinski definition) is 2. The molecule has 0 atom stereocenters. The van der Waals surface area contributed by atoms with E-state index < -0.39 is 0 Å². The van der Waals surface area contributed by atoms with Crippen molar-refractivity contribution < 1.29 is 0 Å². The summed E-state index contributed by atoms with van der Waals surface area (Å²) >= 11 is 3.51. The summed E-state index contributed by atoms with van der Waals surface area (Å²) in [6.07, 6.45) is 6.16. The molecule has 1 N–H and O–H groups in total. The molecule has 0 bridgehead atoms. The Labute approximate surface area is 133 Å². The van der Waals surface area contributed by atoms with Crippen LogP contribution in [0.25, 0.3) is 16.5 Å². The second kappa shape index (κ2) is 6.31. The minimum Gasteiger partial charge on any atom is -0.355 e. The van der Waals surface area contributed by atoms with E-state index in [4.69, 9.17) is 0 Å². The standard InChI is InChI=1S/C17H18BrN3/c1-2-3-8-19-17-20-9-10-21(17)16-7-5-13-11-15(18)6-4-14(13)12-16/h4-7,9-12H,2-3,8H2,1H3,(H,19,20). The fraction of sp³-hybridized carbons (Fsp3) is 0.235. The summed E-state index contributed by atoms with van der Waals surface area (Å²) in [4.78, 5) is 4.40. The molecule has 4 heteroatoms. The van der Waals surface area contributed by atoms with Gasteiger partial charge in [0, 0.05) is 29.1 Å². The van der Waals surface area contributed by atoms with E-state index in [0.29, 0.717) is 0 Å². The van der Waals surface area contributed by atoms with Crippen molar-refractivity contribution in [1.82, 2.24) is 9.55 Å². The van der Waals surface area contributed by atoms with Gasteiger partial charge in [-0.2, -0.15) is 0 Å². The predicted octanol–water partition coefficient (Wildman–Crippen LogP) is 5.00. The molecule has 3 nitrogen and oxygen atoms in total. The van der Waals surface area contributed by atoms with Gasteiger partial charge >= 0.3 is 0 Å².